The number of ether oxygens (including phenoxy) is 3. The molecule has 0 radical (unpaired) electrons. The van der Waals surface area contributed by atoms with Gasteiger partial charge in [0.1, 0.15) is 29.9 Å². The van der Waals surface area contributed by atoms with Crippen molar-refractivity contribution in [3.8, 4) is 28.4 Å². The zero-order chi connectivity index (χ0) is 23.1. The van der Waals surface area contributed by atoms with Crippen LogP contribution in [0.1, 0.15) is 23.6 Å². The fourth-order valence-corrected chi connectivity index (χ4v) is 3.49. The van der Waals surface area contributed by atoms with E-state index in [1.54, 1.807) is 33.3 Å². The van der Waals surface area contributed by atoms with E-state index in [0.717, 1.165) is 11.1 Å². The van der Waals surface area contributed by atoms with Crippen LogP contribution < -0.4 is 19.5 Å². The van der Waals surface area contributed by atoms with Crippen molar-refractivity contribution < 1.29 is 24.1 Å². The average molecular weight is 436 g/mol. The van der Waals surface area contributed by atoms with E-state index in [0.29, 0.717) is 30.4 Å². The van der Waals surface area contributed by atoms with E-state index in [-0.39, 0.29) is 0 Å². The molecule has 0 bridgehead atoms. The Morgan fingerprint density at radius 1 is 1.00 bits per heavy atom. The highest BCUT2D eigenvalue weighted by molar-refractivity contribution is 5.73. The van der Waals surface area contributed by atoms with Crippen LogP contribution in [0.3, 0.4) is 0 Å². The van der Waals surface area contributed by atoms with Crippen LogP contribution in [0.5, 0.6) is 17.2 Å². The van der Waals surface area contributed by atoms with Gasteiger partial charge in [0.25, 0.3) is 0 Å². The molecule has 0 aromatic heterocycles. The summed E-state index contributed by atoms with van der Waals surface area (Å²) in [6, 6.07) is 19.4. The number of rotatable bonds is 10. The van der Waals surface area contributed by atoms with Gasteiger partial charge in [-0.15, -0.1) is 0 Å². The number of carbonyl (C=O) groups is 1. The van der Waals surface area contributed by atoms with E-state index in [9.17, 15) is 4.79 Å². The van der Waals surface area contributed by atoms with Crippen LogP contribution >= 0.6 is 0 Å². The van der Waals surface area contributed by atoms with Crippen LogP contribution in [0.4, 0.5) is 0 Å². The van der Waals surface area contributed by atoms with Gasteiger partial charge in [0, 0.05) is 18.7 Å². The molecule has 0 saturated heterocycles. The van der Waals surface area contributed by atoms with Gasteiger partial charge in [-0.25, -0.2) is 0 Å². The van der Waals surface area contributed by atoms with Crippen molar-refractivity contribution in [2.24, 2.45) is 0 Å². The zero-order valence-electron chi connectivity index (χ0n) is 18.8. The smallest absolute Gasteiger partial charge is 0.320 e. The Morgan fingerprint density at radius 2 is 1.66 bits per heavy atom. The maximum absolute atomic E-state index is 11.1. The van der Waals surface area contributed by atoms with Gasteiger partial charge in [-0.3, -0.25) is 4.79 Å². The summed E-state index contributed by atoms with van der Waals surface area (Å²) in [6.07, 6.45) is 0. The number of carboxylic acids is 1. The molecule has 2 N–H and O–H groups in total. The van der Waals surface area contributed by atoms with Crippen molar-refractivity contribution in [2.45, 2.75) is 33.0 Å². The lowest BCUT2D eigenvalue weighted by atomic mass is 9.97. The third-order valence-electron chi connectivity index (χ3n) is 5.46. The fourth-order valence-electron chi connectivity index (χ4n) is 3.49. The third-order valence-corrected chi connectivity index (χ3v) is 5.46. The van der Waals surface area contributed by atoms with Crippen molar-refractivity contribution in [1.29, 1.82) is 0 Å². The normalized spacial score (nSPS) is 11.6. The van der Waals surface area contributed by atoms with E-state index in [4.69, 9.17) is 19.3 Å². The summed E-state index contributed by atoms with van der Waals surface area (Å²) in [5, 5.41) is 12.1. The predicted molar refractivity (Wildman–Crippen MR) is 124 cm³/mol. The number of aliphatic carboxylic acids is 1. The van der Waals surface area contributed by atoms with Crippen molar-refractivity contribution in [2.75, 3.05) is 14.2 Å². The first kappa shape index (κ1) is 23.2. The molecule has 0 heterocycles. The Kier molecular flexibility index (Phi) is 7.73. The van der Waals surface area contributed by atoms with Crippen LogP contribution in [-0.2, 0) is 17.9 Å². The minimum absolute atomic E-state index is 0.290. The standard InChI is InChI=1S/C26H29NO5/c1-17-20(11-8-12-22(17)19-9-6-5-7-10-19)16-32-21-13-24(30-3)23(25(14-21)31-4)15-27-18(2)26(28)29/h5-14,18,27H,15-16H2,1-4H3,(H,28,29). The van der Waals surface area contributed by atoms with Crippen LogP contribution in [0.15, 0.2) is 60.7 Å². The Hall–Kier alpha value is -3.51. The zero-order valence-corrected chi connectivity index (χ0v) is 18.8. The van der Waals surface area contributed by atoms with Gasteiger partial charge in [0.15, 0.2) is 0 Å². The first-order valence-corrected chi connectivity index (χ1v) is 10.4. The molecule has 1 unspecified atom stereocenters. The summed E-state index contributed by atoms with van der Waals surface area (Å²) in [5.41, 5.74) is 5.34. The molecule has 0 aliphatic rings. The topological polar surface area (TPSA) is 77.0 Å². The molecular formula is C26H29NO5. The van der Waals surface area contributed by atoms with E-state index in [1.165, 1.54) is 16.7 Å². The lowest BCUT2D eigenvalue weighted by Crippen LogP contribution is -2.33. The summed E-state index contributed by atoms with van der Waals surface area (Å²) in [7, 11) is 3.13. The molecule has 168 valence electrons. The molecule has 3 aromatic carbocycles. The number of methoxy groups -OCH3 is 2. The third kappa shape index (κ3) is 5.39. The van der Waals surface area contributed by atoms with Crippen LogP contribution in [0.2, 0.25) is 0 Å². The molecule has 6 nitrogen and oxygen atoms in total. The lowest BCUT2D eigenvalue weighted by molar-refractivity contribution is -0.139. The Balaban J connectivity index is 1.80. The van der Waals surface area contributed by atoms with Crippen molar-refractivity contribution >= 4 is 5.97 Å². The molecule has 0 aliphatic heterocycles. The Bertz CT molecular complexity index is 1040. The molecule has 0 spiro atoms. The van der Waals surface area contributed by atoms with E-state index in [1.807, 2.05) is 24.3 Å². The van der Waals surface area contributed by atoms with Crippen LogP contribution in [0.25, 0.3) is 11.1 Å². The van der Waals surface area contributed by atoms with E-state index in [2.05, 4.69) is 36.5 Å². The molecule has 3 aromatic rings. The molecule has 32 heavy (non-hydrogen) atoms. The largest absolute Gasteiger partial charge is 0.496 e. The highest BCUT2D eigenvalue weighted by Crippen LogP contribution is 2.35. The number of hydrogen-bond acceptors (Lipinski definition) is 5. The first-order chi connectivity index (χ1) is 15.4. The molecule has 0 aliphatic carbocycles. The number of benzene rings is 3. The van der Waals surface area contributed by atoms with Crippen molar-refractivity contribution in [3.63, 3.8) is 0 Å². The highest BCUT2D eigenvalue weighted by Gasteiger charge is 2.17. The second-order valence-electron chi connectivity index (χ2n) is 7.49. The molecule has 0 amide bonds. The molecular weight excluding hydrogens is 406 g/mol. The lowest BCUT2D eigenvalue weighted by Gasteiger charge is -2.18. The predicted octanol–water partition coefficient (Wildman–Crippen LogP) is 4.82. The summed E-state index contributed by atoms with van der Waals surface area (Å²) >= 11 is 0. The van der Waals surface area contributed by atoms with Gasteiger partial charge in [-0.05, 0) is 36.1 Å². The minimum atomic E-state index is -0.920. The first-order valence-electron chi connectivity index (χ1n) is 10.4. The summed E-state index contributed by atoms with van der Waals surface area (Å²) in [6.45, 7) is 4.37. The molecule has 0 saturated carbocycles. The molecule has 0 fully saturated rings. The second kappa shape index (κ2) is 10.7. The summed E-state index contributed by atoms with van der Waals surface area (Å²) in [5.74, 6) is 0.827. The van der Waals surface area contributed by atoms with Gasteiger partial charge < -0.3 is 24.6 Å². The van der Waals surface area contributed by atoms with Crippen LogP contribution in [0, 0.1) is 6.92 Å². The number of hydrogen-bond donors (Lipinski definition) is 2. The van der Waals surface area contributed by atoms with E-state index >= 15 is 0 Å². The SMILES string of the molecule is COc1cc(OCc2cccc(-c3ccccc3)c2C)cc(OC)c1CNC(C)C(=O)O. The minimum Gasteiger partial charge on any atom is -0.496 e. The van der Waals surface area contributed by atoms with Gasteiger partial charge >= 0.3 is 5.97 Å². The Morgan fingerprint density at radius 3 is 2.25 bits per heavy atom. The second-order valence-corrected chi connectivity index (χ2v) is 7.49. The van der Waals surface area contributed by atoms with E-state index < -0.39 is 12.0 Å². The van der Waals surface area contributed by atoms with Crippen molar-refractivity contribution in [1.82, 2.24) is 5.32 Å². The van der Waals surface area contributed by atoms with Crippen molar-refractivity contribution in [3.05, 3.63) is 77.4 Å². The number of carboxylic acid groups (broad SMARTS) is 1. The molecule has 3 rings (SSSR count). The summed E-state index contributed by atoms with van der Waals surface area (Å²) in [4.78, 5) is 11.1. The molecule has 1 atom stereocenters. The maximum Gasteiger partial charge on any atom is 0.320 e. The van der Waals surface area contributed by atoms with Gasteiger partial charge in [-0.1, -0.05) is 48.5 Å². The molecule has 6 heteroatoms. The highest BCUT2D eigenvalue weighted by atomic mass is 16.5. The van der Waals surface area contributed by atoms with Gasteiger partial charge in [0.05, 0.1) is 19.8 Å². The Labute approximate surface area is 188 Å². The van der Waals surface area contributed by atoms with Crippen LogP contribution in [-0.4, -0.2) is 31.3 Å². The fraction of sp³-hybridized carbons (Fsp3) is 0.269. The summed E-state index contributed by atoms with van der Waals surface area (Å²) < 4.78 is 17.1. The quantitative estimate of drug-likeness (QED) is 0.475. The maximum atomic E-state index is 11.1. The van der Waals surface area contributed by atoms with Gasteiger partial charge in [-0.2, -0.15) is 0 Å². The van der Waals surface area contributed by atoms with Gasteiger partial charge in [0.2, 0.25) is 0 Å². The monoisotopic (exact) mass is 435 g/mol. The average Bonchev–Trinajstić information content (AvgIpc) is 2.82. The number of nitrogens with one attached hydrogen (secondary N) is 1.